The van der Waals surface area contributed by atoms with Crippen molar-refractivity contribution in [3.8, 4) is 0 Å². The van der Waals surface area contributed by atoms with Crippen molar-refractivity contribution in [1.29, 1.82) is 0 Å². The summed E-state index contributed by atoms with van der Waals surface area (Å²) in [5.41, 5.74) is 1.05. The van der Waals surface area contributed by atoms with Gasteiger partial charge in [-0.2, -0.15) is 4.98 Å². The topological polar surface area (TPSA) is 101 Å². The molecule has 0 fully saturated rings. The molecule has 0 bridgehead atoms. The molecule has 0 saturated carbocycles. The summed E-state index contributed by atoms with van der Waals surface area (Å²) in [6, 6.07) is 14.2. The molecule has 0 radical (unpaired) electrons. The molecule has 0 saturated heterocycles. The average molecular weight is 370 g/mol. The molecule has 0 spiro atoms. The Labute approximate surface area is 158 Å². The van der Waals surface area contributed by atoms with Crippen molar-refractivity contribution in [2.24, 2.45) is 0 Å². The summed E-state index contributed by atoms with van der Waals surface area (Å²) >= 11 is 0. The summed E-state index contributed by atoms with van der Waals surface area (Å²) in [4.78, 5) is 60.5. The van der Waals surface area contributed by atoms with Crippen LogP contribution in [0.3, 0.4) is 0 Å². The van der Waals surface area contributed by atoms with Crippen LogP contribution in [-0.2, 0) is 0 Å². The fourth-order valence-corrected chi connectivity index (χ4v) is 3.34. The summed E-state index contributed by atoms with van der Waals surface area (Å²) in [5.74, 6) is -2.35. The van der Waals surface area contributed by atoms with Gasteiger partial charge in [-0.15, -0.1) is 0 Å². The minimum Gasteiger partial charge on any atom is -0.268 e. The van der Waals surface area contributed by atoms with E-state index in [2.05, 4.69) is 9.97 Å². The Kier molecular flexibility index (Phi) is 3.23. The summed E-state index contributed by atoms with van der Waals surface area (Å²) in [5, 5.41) is 0. The standard InChI is InChI=1S/C20H10N4O4/c25-16-11-5-1-2-6-12(11)17(26)23(16)15-9-10-21-20(22-15)24-18(27)13-7-3-4-8-14(13)19(24)28/h1-10H. The van der Waals surface area contributed by atoms with E-state index in [1.807, 2.05) is 0 Å². The van der Waals surface area contributed by atoms with Crippen LogP contribution in [0.4, 0.5) is 11.8 Å². The Bertz CT molecular complexity index is 1060. The van der Waals surface area contributed by atoms with E-state index in [-0.39, 0.29) is 34.0 Å². The molecule has 0 unspecified atom stereocenters. The maximum Gasteiger partial charge on any atom is 0.268 e. The quantitative estimate of drug-likeness (QED) is 0.640. The molecule has 1 aromatic heterocycles. The Morgan fingerprint density at radius 2 is 1.00 bits per heavy atom. The SMILES string of the molecule is O=C1c2ccccc2C(=O)N1c1ccnc(N2C(=O)c3ccccc3C2=O)n1. The number of nitrogens with zero attached hydrogens (tertiary/aromatic N) is 4. The van der Waals surface area contributed by atoms with E-state index >= 15 is 0 Å². The Morgan fingerprint density at radius 1 is 0.571 bits per heavy atom. The van der Waals surface area contributed by atoms with Crippen LogP contribution in [0.2, 0.25) is 0 Å². The van der Waals surface area contributed by atoms with Gasteiger partial charge in [0, 0.05) is 12.3 Å². The van der Waals surface area contributed by atoms with Crippen molar-refractivity contribution in [3.63, 3.8) is 0 Å². The first kappa shape index (κ1) is 16.0. The van der Waals surface area contributed by atoms with E-state index < -0.39 is 23.6 Å². The third-order valence-corrected chi connectivity index (χ3v) is 4.65. The zero-order valence-corrected chi connectivity index (χ0v) is 14.2. The third kappa shape index (κ3) is 2.05. The lowest BCUT2D eigenvalue weighted by atomic mass is 10.1. The number of fused-ring (bicyclic) bond motifs is 2. The average Bonchev–Trinajstić information content (AvgIpc) is 3.13. The molecule has 2 aliphatic rings. The van der Waals surface area contributed by atoms with E-state index in [4.69, 9.17) is 0 Å². The summed E-state index contributed by atoms with van der Waals surface area (Å²) in [6.07, 6.45) is 1.30. The van der Waals surface area contributed by atoms with Gasteiger partial charge in [-0.25, -0.2) is 14.8 Å². The largest absolute Gasteiger partial charge is 0.268 e. The maximum atomic E-state index is 12.6. The number of rotatable bonds is 2. The molecule has 134 valence electrons. The number of amides is 4. The lowest BCUT2D eigenvalue weighted by Crippen LogP contribution is -2.33. The molecule has 0 aliphatic carbocycles. The van der Waals surface area contributed by atoms with Crippen molar-refractivity contribution >= 4 is 35.4 Å². The van der Waals surface area contributed by atoms with Gasteiger partial charge in [0.1, 0.15) is 5.82 Å². The molecule has 3 heterocycles. The van der Waals surface area contributed by atoms with Crippen LogP contribution in [0.1, 0.15) is 41.4 Å². The van der Waals surface area contributed by atoms with Crippen molar-refractivity contribution in [1.82, 2.24) is 9.97 Å². The number of carbonyl (C=O) groups is 4. The summed E-state index contributed by atoms with van der Waals surface area (Å²) < 4.78 is 0. The molecule has 8 nitrogen and oxygen atoms in total. The van der Waals surface area contributed by atoms with Crippen molar-refractivity contribution in [2.75, 3.05) is 9.80 Å². The molecule has 3 aromatic rings. The highest BCUT2D eigenvalue weighted by Gasteiger charge is 2.40. The van der Waals surface area contributed by atoms with Gasteiger partial charge in [0.2, 0.25) is 5.95 Å². The zero-order valence-electron chi connectivity index (χ0n) is 14.2. The van der Waals surface area contributed by atoms with Gasteiger partial charge in [0.15, 0.2) is 0 Å². The lowest BCUT2D eigenvalue weighted by Gasteiger charge is -2.16. The summed E-state index contributed by atoms with van der Waals surface area (Å²) in [6.45, 7) is 0. The molecule has 2 aliphatic heterocycles. The number of imide groups is 2. The van der Waals surface area contributed by atoms with Crippen LogP contribution in [0.15, 0.2) is 60.8 Å². The second-order valence-electron chi connectivity index (χ2n) is 6.20. The molecule has 0 N–H and O–H groups in total. The van der Waals surface area contributed by atoms with Gasteiger partial charge in [-0.3, -0.25) is 19.2 Å². The van der Waals surface area contributed by atoms with E-state index in [1.54, 1.807) is 48.5 Å². The van der Waals surface area contributed by atoms with Gasteiger partial charge in [0.25, 0.3) is 23.6 Å². The molecule has 4 amide bonds. The predicted octanol–water partition coefficient (Wildman–Crippen LogP) is 2.08. The van der Waals surface area contributed by atoms with Crippen LogP contribution in [0.5, 0.6) is 0 Å². The highest BCUT2D eigenvalue weighted by molar-refractivity contribution is 6.35. The zero-order chi connectivity index (χ0) is 19.4. The van der Waals surface area contributed by atoms with Crippen LogP contribution >= 0.6 is 0 Å². The predicted molar refractivity (Wildman–Crippen MR) is 97.2 cm³/mol. The lowest BCUT2D eigenvalue weighted by molar-refractivity contribution is 0.0911. The summed E-state index contributed by atoms with van der Waals surface area (Å²) in [7, 11) is 0. The number of hydrogen-bond donors (Lipinski definition) is 0. The number of anilines is 2. The monoisotopic (exact) mass is 370 g/mol. The number of hydrogen-bond acceptors (Lipinski definition) is 6. The van der Waals surface area contributed by atoms with Crippen molar-refractivity contribution < 1.29 is 19.2 Å². The fraction of sp³-hybridized carbons (Fsp3) is 0. The van der Waals surface area contributed by atoms with E-state index in [0.29, 0.717) is 0 Å². The molecule has 0 atom stereocenters. The molecule has 5 rings (SSSR count). The number of benzene rings is 2. The number of aromatic nitrogens is 2. The smallest absolute Gasteiger partial charge is 0.268 e. The normalized spacial score (nSPS) is 15.3. The van der Waals surface area contributed by atoms with E-state index in [0.717, 1.165) is 9.80 Å². The Morgan fingerprint density at radius 3 is 1.46 bits per heavy atom. The second-order valence-corrected chi connectivity index (χ2v) is 6.20. The van der Waals surface area contributed by atoms with Gasteiger partial charge in [-0.05, 0) is 24.3 Å². The van der Waals surface area contributed by atoms with Gasteiger partial charge >= 0.3 is 0 Å². The molecular weight excluding hydrogens is 360 g/mol. The van der Waals surface area contributed by atoms with Gasteiger partial charge in [0.05, 0.1) is 22.3 Å². The molecule has 28 heavy (non-hydrogen) atoms. The fourth-order valence-electron chi connectivity index (χ4n) is 3.34. The van der Waals surface area contributed by atoms with Crippen LogP contribution < -0.4 is 9.80 Å². The molecule has 2 aromatic carbocycles. The Balaban J connectivity index is 1.56. The number of carbonyl (C=O) groups excluding carboxylic acids is 4. The minimum absolute atomic E-state index is 0.00671. The second kappa shape index (κ2) is 5.65. The first-order valence-corrected chi connectivity index (χ1v) is 8.36. The highest BCUT2D eigenvalue weighted by atomic mass is 16.2. The van der Waals surface area contributed by atoms with E-state index in [1.165, 1.54) is 12.3 Å². The van der Waals surface area contributed by atoms with Crippen molar-refractivity contribution in [2.45, 2.75) is 0 Å². The van der Waals surface area contributed by atoms with Crippen LogP contribution in [0.25, 0.3) is 0 Å². The highest BCUT2D eigenvalue weighted by Crippen LogP contribution is 2.30. The molecule has 8 heteroatoms. The van der Waals surface area contributed by atoms with E-state index in [9.17, 15) is 19.2 Å². The van der Waals surface area contributed by atoms with Crippen LogP contribution in [0, 0.1) is 0 Å². The van der Waals surface area contributed by atoms with Crippen molar-refractivity contribution in [3.05, 3.63) is 83.0 Å². The minimum atomic E-state index is -0.555. The van der Waals surface area contributed by atoms with Crippen LogP contribution in [-0.4, -0.2) is 33.6 Å². The van der Waals surface area contributed by atoms with Gasteiger partial charge < -0.3 is 0 Å². The van der Waals surface area contributed by atoms with Gasteiger partial charge in [-0.1, -0.05) is 24.3 Å². The third-order valence-electron chi connectivity index (χ3n) is 4.65. The molecular formula is C20H10N4O4. The maximum absolute atomic E-state index is 12.6. The first-order chi connectivity index (χ1) is 13.6. The Hall–Kier alpha value is -4.20. The first-order valence-electron chi connectivity index (χ1n) is 8.36.